The molecule has 146 valence electrons. The van der Waals surface area contributed by atoms with Crippen molar-refractivity contribution >= 4 is 18.0 Å². The highest BCUT2D eigenvalue weighted by Gasteiger charge is 2.15. The Kier molecular flexibility index (Phi) is 5.95. The van der Waals surface area contributed by atoms with Crippen molar-refractivity contribution < 1.29 is 28.5 Å². The SMILES string of the molecule is COc1ccc(C=NNC(=O)C(=O)NCc2ccc3c(c2)OCO3)cc1OC. The zero-order valence-corrected chi connectivity index (χ0v) is 15.4. The van der Waals surface area contributed by atoms with Gasteiger partial charge in [0, 0.05) is 6.54 Å². The van der Waals surface area contributed by atoms with Gasteiger partial charge in [-0.15, -0.1) is 0 Å². The van der Waals surface area contributed by atoms with Gasteiger partial charge in [0.25, 0.3) is 0 Å². The molecule has 0 aromatic heterocycles. The summed E-state index contributed by atoms with van der Waals surface area (Å²) in [4.78, 5) is 23.7. The lowest BCUT2D eigenvalue weighted by atomic mass is 10.2. The van der Waals surface area contributed by atoms with E-state index in [1.165, 1.54) is 20.4 Å². The Morgan fingerprint density at radius 3 is 2.61 bits per heavy atom. The number of fused-ring (bicyclic) bond motifs is 1. The highest BCUT2D eigenvalue weighted by Crippen LogP contribution is 2.32. The van der Waals surface area contributed by atoms with E-state index in [4.69, 9.17) is 18.9 Å². The minimum absolute atomic E-state index is 0.169. The quantitative estimate of drug-likeness (QED) is 0.440. The van der Waals surface area contributed by atoms with Crippen LogP contribution in [-0.4, -0.2) is 39.0 Å². The fourth-order valence-electron chi connectivity index (χ4n) is 2.46. The number of hydrogen-bond acceptors (Lipinski definition) is 7. The van der Waals surface area contributed by atoms with Crippen LogP contribution in [0.15, 0.2) is 41.5 Å². The van der Waals surface area contributed by atoms with Crippen molar-refractivity contribution in [2.24, 2.45) is 5.10 Å². The number of nitrogens with zero attached hydrogens (tertiary/aromatic N) is 1. The molecular formula is C19H19N3O6. The van der Waals surface area contributed by atoms with Gasteiger partial charge in [0.05, 0.1) is 20.4 Å². The number of methoxy groups -OCH3 is 2. The number of amides is 2. The van der Waals surface area contributed by atoms with Crippen LogP contribution in [0.1, 0.15) is 11.1 Å². The van der Waals surface area contributed by atoms with Crippen molar-refractivity contribution in [2.45, 2.75) is 6.54 Å². The molecule has 1 aliphatic heterocycles. The predicted molar refractivity (Wildman–Crippen MR) is 99.7 cm³/mol. The molecule has 2 amide bonds. The second kappa shape index (κ2) is 8.76. The summed E-state index contributed by atoms with van der Waals surface area (Å²) in [6, 6.07) is 10.4. The van der Waals surface area contributed by atoms with Crippen molar-refractivity contribution in [2.75, 3.05) is 21.0 Å². The standard InChI is InChI=1S/C19H19N3O6/c1-25-14-5-3-13(7-16(14)26-2)10-21-22-19(24)18(23)20-9-12-4-6-15-17(8-12)28-11-27-15/h3-8,10H,9,11H2,1-2H3,(H,20,23)(H,22,24). The average Bonchev–Trinajstić information content (AvgIpc) is 3.19. The van der Waals surface area contributed by atoms with Crippen molar-refractivity contribution in [1.29, 1.82) is 0 Å². The predicted octanol–water partition coefficient (Wildman–Crippen LogP) is 1.20. The number of ether oxygens (including phenoxy) is 4. The first-order valence-electron chi connectivity index (χ1n) is 8.32. The highest BCUT2D eigenvalue weighted by molar-refractivity contribution is 6.35. The molecule has 2 N–H and O–H groups in total. The number of nitrogens with one attached hydrogen (secondary N) is 2. The summed E-state index contributed by atoms with van der Waals surface area (Å²) < 4.78 is 20.8. The van der Waals surface area contributed by atoms with Gasteiger partial charge in [-0.2, -0.15) is 5.10 Å². The van der Waals surface area contributed by atoms with E-state index in [-0.39, 0.29) is 13.3 Å². The molecule has 0 radical (unpaired) electrons. The van der Waals surface area contributed by atoms with Crippen molar-refractivity contribution in [3.8, 4) is 23.0 Å². The smallest absolute Gasteiger partial charge is 0.329 e. The van der Waals surface area contributed by atoms with Gasteiger partial charge in [-0.25, -0.2) is 5.43 Å². The minimum atomic E-state index is -0.877. The Morgan fingerprint density at radius 1 is 1.04 bits per heavy atom. The number of rotatable bonds is 6. The van der Waals surface area contributed by atoms with Crippen LogP contribution >= 0.6 is 0 Å². The topological polar surface area (TPSA) is 107 Å². The monoisotopic (exact) mass is 385 g/mol. The number of hydrogen-bond donors (Lipinski definition) is 2. The van der Waals surface area contributed by atoms with Crippen LogP contribution < -0.4 is 29.7 Å². The third-order valence-electron chi connectivity index (χ3n) is 3.88. The fourth-order valence-corrected chi connectivity index (χ4v) is 2.46. The third-order valence-corrected chi connectivity index (χ3v) is 3.88. The first-order chi connectivity index (χ1) is 13.6. The molecule has 0 saturated carbocycles. The van der Waals surface area contributed by atoms with E-state index in [0.717, 1.165) is 5.56 Å². The van der Waals surface area contributed by atoms with E-state index in [9.17, 15) is 9.59 Å². The van der Waals surface area contributed by atoms with Gasteiger partial charge in [0.1, 0.15) is 0 Å². The summed E-state index contributed by atoms with van der Waals surface area (Å²) in [5.74, 6) is 0.679. The van der Waals surface area contributed by atoms with Crippen LogP contribution in [0.4, 0.5) is 0 Å². The van der Waals surface area contributed by atoms with Gasteiger partial charge < -0.3 is 24.3 Å². The second-order valence-electron chi connectivity index (χ2n) is 5.68. The largest absolute Gasteiger partial charge is 0.493 e. The van der Waals surface area contributed by atoms with E-state index < -0.39 is 11.8 Å². The number of carbonyl (C=O) groups is 2. The lowest BCUT2D eigenvalue weighted by molar-refractivity contribution is -0.139. The van der Waals surface area contributed by atoms with Gasteiger partial charge in [-0.1, -0.05) is 6.07 Å². The number of carbonyl (C=O) groups excluding carboxylic acids is 2. The molecule has 0 spiro atoms. The fraction of sp³-hybridized carbons (Fsp3) is 0.211. The van der Waals surface area contributed by atoms with E-state index in [0.29, 0.717) is 28.6 Å². The Hall–Kier alpha value is -3.75. The second-order valence-corrected chi connectivity index (χ2v) is 5.68. The third kappa shape index (κ3) is 4.50. The number of benzene rings is 2. The summed E-state index contributed by atoms with van der Waals surface area (Å²) in [6.07, 6.45) is 1.39. The van der Waals surface area contributed by atoms with E-state index >= 15 is 0 Å². The van der Waals surface area contributed by atoms with Crippen molar-refractivity contribution in [3.63, 3.8) is 0 Å². The average molecular weight is 385 g/mol. The van der Waals surface area contributed by atoms with Crippen LogP contribution in [0, 0.1) is 0 Å². The van der Waals surface area contributed by atoms with E-state index in [2.05, 4.69) is 15.8 Å². The molecule has 0 saturated heterocycles. The molecule has 3 rings (SSSR count). The molecule has 0 bridgehead atoms. The molecule has 9 nitrogen and oxygen atoms in total. The zero-order valence-electron chi connectivity index (χ0n) is 15.4. The van der Waals surface area contributed by atoms with Crippen LogP contribution in [0.2, 0.25) is 0 Å². The highest BCUT2D eigenvalue weighted by atomic mass is 16.7. The van der Waals surface area contributed by atoms with Crippen LogP contribution in [-0.2, 0) is 16.1 Å². The Morgan fingerprint density at radius 2 is 1.82 bits per heavy atom. The molecule has 2 aromatic rings. The lowest BCUT2D eigenvalue weighted by Gasteiger charge is -2.07. The Labute approximate surface area is 161 Å². The summed E-state index contributed by atoms with van der Waals surface area (Å²) in [7, 11) is 3.05. The van der Waals surface area contributed by atoms with Crippen LogP contribution in [0.3, 0.4) is 0 Å². The minimum Gasteiger partial charge on any atom is -0.493 e. The molecule has 0 fully saturated rings. The summed E-state index contributed by atoms with van der Waals surface area (Å²) in [5, 5.41) is 6.29. The van der Waals surface area contributed by atoms with Crippen molar-refractivity contribution in [3.05, 3.63) is 47.5 Å². The maximum absolute atomic E-state index is 11.9. The molecule has 0 atom stereocenters. The maximum atomic E-state index is 11.9. The van der Waals surface area contributed by atoms with E-state index in [1.807, 2.05) is 0 Å². The maximum Gasteiger partial charge on any atom is 0.329 e. The molecule has 1 heterocycles. The molecular weight excluding hydrogens is 366 g/mol. The molecule has 0 unspecified atom stereocenters. The summed E-state index contributed by atoms with van der Waals surface area (Å²) in [6.45, 7) is 0.341. The Bertz CT molecular complexity index is 913. The van der Waals surface area contributed by atoms with Gasteiger partial charge in [0.2, 0.25) is 6.79 Å². The summed E-state index contributed by atoms with van der Waals surface area (Å²) >= 11 is 0. The van der Waals surface area contributed by atoms with Gasteiger partial charge in [-0.05, 0) is 41.5 Å². The molecule has 0 aliphatic carbocycles. The molecule has 1 aliphatic rings. The van der Waals surface area contributed by atoms with Gasteiger partial charge in [-0.3, -0.25) is 9.59 Å². The van der Waals surface area contributed by atoms with E-state index in [1.54, 1.807) is 36.4 Å². The van der Waals surface area contributed by atoms with Gasteiger partial charge in [0.15, 0.2) is 23.0 Å². The molecule has 9 heteroatoms. The number of hydrazone groups is 1. The van der Waals surface area contributed by atoms with Gasteiger partial charge >= 0.3 is 11.8 Å². The normalized spacial score (nSPS) is 11.9. The molecule has 2 aromatic carbocycles. The molecule has 28 heavy (non-hydrogen) atoms. The Balaban J connectivity index is 1.50. The van der Waals surface area contributed by atoms with Crippen molar-refractivity contribution in [1.82, 2.24) is 10.7 Å². The first-order valence-corrected chi connectivity index (χ1v) is 8.32. The van der Waals surface area contributed by atoms with Crippen LogP contribution in [0.5, 0.6) is 23.0 Å². The zero-order chi connectivity index (χ0) is 19.9. The first kappa shape index (κ1) is 19.0. The lowest BCUT2D eigenvalue weighted by Crippen LogP contribution is -2.37. The summed E-state index contributed by atoms with van der Waals surface area (Å²) in [5.41, 5.74) is 3.62. The van der Waals surface area contributed by atoms with Crippen LogP contribution in [0.25, 0.3) is 0 Å².